The molecule has 1 saturated heterocycles. The molecule has 2 fully saturated rings. The van der Waals surface area contributed by atoms with Gasteiger partial charge in [-0.05, 0) is 84.9 Å². The smallest absolute Gasteiger partial charge is 0.246 e. The van der Waals surface area contributed by atoms with Crippen molar-refractivity contribution in [1.29, 1.82) is 0 Å². The number of thiophene rings is 1. The van der Waals surface area contributed by atoms with E-state index in [0.29, 0.717) is 31.1 Å². The van der Waals surface area contributed by atoms with Crippen molar-refractivity contribution in [3.05, 3.63) is 50.1 Å². The Morgan fingerprint density at radius 3 is 2.92 bits per heavy atom. The molecule has 0 unspecified atom stereocenters. The summed E-state index contributed by atoms with van der Waals surface area (Å²) in [5.41, 5.74) is 0.911. The van der Waals surface area contributed by atoms with Gasteiger partial charge in [-0.2, -0.15) is 0 Å². The Kier molecular flexibility index (Phi) is 6.26. The van der Waals surface area contributed by atoms with Gasteiger partial charge in [-0.25, -0.2) is 0 Å². The van der Waals surface area contributed by atoms with E-state index in [1.165, 1.54) is 5.56 Å². The van der Waals surface area contributed by atoms with Gasteiger partial charge in [0.15, 0.2) is 11.5 Å². The molecule has 0 radical (unpaired) electrons. The summed E-state index contributed by atoms with van der Waals surface area (Å²) in [6, 6.07) is 6.07. The number of ether oxygens (including phenoxy) is 2. The Bertz CT molecular complexity index is 1260. The molecule has 1 N–H and O–H groups in total. The van der Waals surface area contributed by atoms with E-state index in [2.05, 4.69) is 47.8 Å². The molecule has 1 saturated carbocycles. The lowest BCUT2D eigenvalue weighted by Crippen LogP contribution is -2.78. The Hall–Kier alpha value is -1.87. The Morgan fingerprint density at radius 2 is 2.22 bits per heavy atom. The predicted molar refractivity (Wildman–Crippen MR) is 149 cm³/mol. The van der Waals surface area contributed by atoms with E-state index in [4.69, 9.17) is 9.47 Å². The molecule has 2 aliphatic carbocycles. The van der Waals surface area contributed by atoms with E-state index >= 15 is 0 Å². The highest BCUT2D eigenvalue weighted by molar-refractivity contribution is 9.10. The third-order valence-corrected chi connectivity index (χ3v) is 10.8. The van der Waals surface area contributed by atoms with Crippen LogP contribution in [0.25, 0.3) is 6.08 Å². The van der Waals surface area contributed by atoms with Crippen molar-refractivity contribution in [2.24, 2.45) is 5.92 Å². The SMILES string of the molecule is COc1ccc2c3c1O[C@H]1[C@@H](N(CC(C)C)C(=O)/C=C/c4cc(Br)cs4)CC[C@@]4(O)[C@@H](C2)N(C)CC[C@]314. The summed E-state index contributed by atoms with van der Waals surface area (Å²) in [5, 5.41) is 14.6. The molecule has 8 heteroatoms. The van der Waals surface area contributed by atoms with Crippen LogP contribution in [0.5, 0.6) is 11.5 Å². The van der Waals surface area contributed by atoms with Crippen molar-refractivity contribution in [3.63, 3.8) is 0 Å². The number of halogens is 1. The molecule has 1 aromatic carbocycles. The van der Waals surface area contributed by atoms with Gasteiger partial charge in [-0.1, -0.05) is 19.9 Å². The fraction of sp³-hybridized carbons (Fsp3) is 0.552. The van der Waals surface area contributed by atoms with E-state index in [0.717, 1.165) is 40.0 Å². The van der Waals surface area contributed by atoms with Crippen LogP contribution in [0, 0.1) is 5.92 Å². The normalized spacial score (nSPS) is 31.9. The number of benzene rings is 1. The summed E-state index contributed by atoms with van der Waals surface area (Å²) in [6.45, 7) is 5.83. The summed E-state index contributed by atoms with van der Waals surface area (Å²) in [7, 11) is 3.80. The number of likely N-dealkylation sites (N-methyl/N-ethyl adjacent to an activating group) is 1. The lowest BCUT2D eigenvalue weighted by molar-refractivity contribution is -0.197. The van der Waals surface area contributed by atoms with Gasteiger partial charge in [0.05, 0.1) is 24.2 Å². The number of nitrogens with zero attached hydrogens (tertiary/aromatic N) is 2. The maximum Gasteiger partial charge on any atom is 0.246 e. The van der Waals surface area contributed by atoms with Crippen LogP contribution in [-0.2, 0) is 16.6 Å². The van der Waals surface area contributed by atoms with Gasteiger partial charge >= 0.3 is 0 Å². The number of rotatable bonds is 6. The average molecular weight is 588 g/mol. The maximum absolute atomic E-state index is 13.8. The zero-order chi connectivity index (χ0) is 26.1. The highest BCUT2D eigenvalue weighted by Gasteiger charge is 2.73. The van der Waals surface area contributed by atoms with E-state index in [1.54, 1.807) is 24.5 Å². The van der Waals surface area contributed by atoms with Gasteiger partial charge in [0.25, 0.3) is 0 Å². The van der Waals surface area contributed by atoms with Crippen LogP contribution in [0.2, 0.25) is 0 Å². The second kappa shape index (κ2) is 9.11. The Balaban J connectivity index is 1.44. The topological polar surface area (TPSA) is 62.2 Å². The summed E-state index contributed by atoms with van der Waals surface area (Å²) < 4.78 is 13.6. The van der Waals surface area contributed by atoms with Gasteiger partial charge < -0.3 is 24.4 Å². The van der Waals surface area contributed by atoms with Crippen molar-refractivity contribution in [2.75, 3.05) is 27.2 Å². The van der Waals surface area contributed by atoms with Crippen LogP contribution >= 0.6 is 27.3 Å². The number of aliphatic hydroxyl groups is 1. The molecule has 6 rings (SSSR count). The summed E-state index contributed by atoms with van der Waals surface area (Å²) in [4.78, 5) is 19.2. The number of likely N-dealkylation sites (tertiary alicyclic amines) is 1. The van der Waals surface area contributed by atoms with Crippen LogP contribution in [-0.4, -0.2) is 71.8 Å². The van der Waals surface area contributed by atoms with Crippen molar-refractivity contribution in [2.45, 2.75) is 68.7 Å². The summed E-state index contributed by atoms with van der Waals surface area (Å²) >= 11 is 5.10. The van der Waals surface area contributed by atoms with Crippen LogP contribution in [0.1, 0.15) is 49.1 Å². The number of amides is 1. The second-order valence-electron chi connectivity index (χ2n) is 11.5. The lowest BCUT2D eigenvalue weighted by Gasteiger charge is -2.64. The summed E-state index contributed by atoms with van der Waals surface area (Å²) in [6.07, 6.45) is 6.23. The minimum atomic E-state index is -0.905. The molecule has 1 aromatic heterocycles. The van der Waals surface area contributed by atoms with Gasteiger partial charge in [0.1, 0.15) is 6.10 Å². The fourth-order valence-corrected chi connectivity index (χ4v) is 8.98. The molecule has 2 aromatic rings. The highest BCUT2D eigenvalue weighted by Crippen LogP contribution is 2.65. The zero-order valence-corrected chi connectivity index (χ0v) is 24.3. The molecule has 2 aliphatic heterocycles. The van der Waals surface area contributed by atoms with Gasteiger partial charge in [-0.15, -0.1) is 11.3 Å². The quantitative estimate of drug-likeness (QED) is 0.489. The van der Waals surface area contributed by atoms with Gasteiger partial charge in [-0.3, -0.25) is 4.79 Å². The molecule has 1 spiro atoms. The second-order valence-corrected chi connectivity index (χ2v) is 13.4. The number of hydrogen-bond acceptors (Lipinski definition) is 6. The minimum Gasteiger partial charge on any atom is -0.493 e. The molecule has 5 atom stereocenters. The minimum absolute atomic E-state index is 0.00269. The first-order chi connectivity index (χ1) is 17.7. The first-order valence-electron chi connectivity index (χ1n) is 13.2. The zero-order valence-electron chi connectivity index (χ0n) is 21.9. The number of methoxy groups -OCH3 is 1. The van der Waals surface area contributed by atoms with Crippen LogP contribution < -0.4 is 9.47 Å². The Morgan fingerprint density at radius 1 is 1.41 bits per heavy atom. The largest absolute Gasteiger partial charge is 0.493 e. The molecule has 3 heterocycles. The third-order valence-electron chi connectivity index (χ3n) is 9.13. The number of piperidine rings is 1. The van der Waals surface area contributed by atoms with Gasteiger partial charge in [0, 0.05) is 39.0 Å². The van der Waals surface area contributed by atoms with Crippen molar-refractivity contribution >= 4 is 39.2 Å². The average Bonchev–Trinajstić information content (AvgIpc) is 3.44. The lowest BCUT2D eigenvalue weighted by atomic mass is 9.48. The molecular formula is C29H35BrN2O4S. The standard InChI is InChI=1S/C29H35BrN2O4S/c1-17(2)15-32(24(33)8-6-20-14-19(30)16-37-20)21-9-10-29(34)23-13-18-5-7-22(35-4)26-25(18)28(29,27(21)36-26)11-12-31(23)3/h5-8,14,16-17,21,23,27,34H,9-13,15H2,1-4H3/b8-6+/t21-,23+,27-,28-,29+/m0/s1. The molecule has 37 heavy (non-hydrogen) atoms. The first-order valence-corrected chi connectivity index (χ1v) is 14.9. The van der Waals surface area contributed by atoms with Crippen LogP contribution in [0.4, 0.5) is 0 Å². The first kappa shape index (κ1) is 25.4. The monoisotopic (exact) mass is 586 g/mol. The molecule has 6 nitrogen and oxygen atoms in total. The molecule has 2 bridgehead atoms. The molecule has 1 amide bonds. The molecule has 4 aliphatic rings. The Labute approximate surface area is 231 Å². The maximum atomic E-state index is 13.8. The fourth-order valence-electron chi connectivity index (χ4n) is 7.64. The predicted octanol–water partition coefficient (Wildman–Crippen LogP) is 4.87. The third kappa shape index (κ3) is 3.66. The summed E-state index contributed by atoms with van der Waals surface area (Å²) in [5.74, 6) is 1.79. The van der Waals surface area contributed by atoms with Crippen molar-refractivity contribution < 1.29 is 19.4 Å². The molecular weight excluding hydrogens is 552 g/mol. The van der Waals surface area contributed by atoms with E-state index < -0.39 is 11.0 Å². The van der Waals surface area contributed by atoms with Crippen LogP contribution in [0.15, 0.2) is 34.1 Å². The van der Waals surface area contributed by atoms with E-state index in [-0.39, 0.29) is 24.1 Å². The highest BCUT2D eigenvalue weighted by atomic mass is 79.9. The number of hydrogen-bond donors (Lipinski definition) is 1. The molecule has 198 valence electrons. The van der Waals surface area contributed by atoms with Crippen LogP contribution in [0.3, 0.4) is 0 Å². The van der Waals surface area contributed by atoms with Crippen molar-refractivity contribution in [3.8, 4) is 11.5 Å². The van der Waals surface area contributed by atoms with Crippen molar-refractivity contribution in [1.82, 2.24) is 9.80 Å². The van der Waals surface area contributed by atoms with E-state index in [9.17, 15) is 9.90 Å². The number of carbonyl (C=O) groups is 1. The van der Waals surface area contributed by atoms with E-state index in [1.807, 2.05) is 28.5 Å². The number of carbonyl (C=O) groups excluding carboxylic acids is 1. The van der Waals surface area contributed by atoms with Gasteiger partial charge in [0.2, 0.25) is 5.91 Å².